The second-order valence-corrected chi connectivity index (χ2v) is 0. The van der Waals surface area contributed by atoms with Gasteiger partial charge in [-0.25, -0.2) is 0 Å². The summed E-state index contributed by atoms with van der Waals surface area (Å²) in [6.07, 6.45) is 1.47. The van der Waals surface area contributed by atoms with Crippen molar-refractivity contribution in [2.24, 2.45) is 0 Å². The Balaban J connectivity index is -0.0000000133. The number of hydrogen-bond acceptors (Lipinski definition) is 1. The SMILES string of the molecule is C=C.CCl.N. The van der Waals surface area contributed by atoms with Gasteiger partial charge >= 0.3 is 0 Å². The molecule has 0 aliphatic heterocycles. The van der Waals surface area contributed by atoms with E-state index in [9.17, 15) is 0 Å². The minimum Gasteiger partial charge on any atom is -0.344 e. The van der Waals surface area contributed by atoms with Crippen molar-refractivity contribution in [2.75, 3.05) is 6.38 Å². The fraction of sp³-hybridized carbons (Fsp3) is 0.333. The molecule has 0 rings (SSSR count). The molecule has 0 aromatic rings. The number of rotatable bonds is 0. The monoisotopic (exact) mass is 95.1 g/mol. The lowest BCUT2D eigenvalue weighted by Gasteiger charge is -1.06. The van der Waals surface area contributed by atoms with Crippen molar-refractivity contribution in [3.8, 4) is 0 Å². The Hall–Kier alpha value is -0.0100. The minimum absolute atomic E-state index is 0. The molecule has 34 valence electrons. The first-order valence-corrected chi connectivity index (χ1v) is 1.63. The van der Waals surface area contributed by atoms with E-state index in [0.717, 1.165) is 0 Å². The van der Waals surface area contributed by atoms with E-state index in [-0.39, 0.29) is 6.15 Å². The summed E-state index contributed by atoms with van der Waals surface area (Å²) in [7, 11) is 0. The van der Waals surface area contributed by atoms with E-state index in [1.165, 1.54) is 6.38 Å². The molecule has 0 aliphatic rings. The highest BCUT2D eigenvalue weighted by molar-refractivity contribution is 6.15. The van der Waals surface area contributed by atoms with Gasteiger partial charge in [-0.2, -0.15) is 0 Å². The van der Waals surface area contributed by atoms with Crippen molar-refractivity contribution in [2.45, 2.75) is 0 Å². The van der Waals surface area contributed by atoms with Crippen molar-refractivity contribution in [1.29, 1.82) is 0 Å². The molecule has 0 amide bonds. The summed E-state index contributed by atoms with van der Waals surface area (Å²) in [6.45, 7) is 6.00. The molecule has 0 aromatic carbocycles. The molecule has 2 heteroatoms. The third-order valence-electron chi connectivity index (χ3n) is 0. The van der Waals surface area contributed by atoms with Crippen LogP contribution in [-0.4, -0.2) is 6.38 Å². The highest BCUT2D eigenvalue weighted by Gasteiger charge is 0.943. The minimum atomic E-state index is 0. The van der Waals surface area contributed by atoms with Gasteiger partial charge in [-0.1, -0.05) is 0 Å². The smallest absolute Gasteiger partial charge is 0.0108 e. The predicted octanol–water partition coefficient (Wildman–Crippen LogP) is 1.82. The Bertz CT molecular complexity index is 6.85. The van der Waals surface area contributed by atoms with Crippen molar-refractivity contribution in [3.05, 3.63) is 13.2 Å². The molecule has 0 unspecified atom stereocenters. The Labute approximate surface area is 38.2 Å². The largest absolute Gasteiger partial charge is 0.344 e. The Morgan fingerprint density at radius 2 is 1.20 bits per heavy atom. The maximum absolute atomic E-state index is 4.64. The Kier molecular flexibility index (Phi) is 1430000. The molecule has 1 nitrogen and oxygen atoms in total. The maximum atomic E-state index is 4.64. The van der Waals surface area contributed by atoms with Crippen LogP contribution < -0.4 is 6.15 Å². The average molecular weight is 95.6 g/mol. The van der Waals surface area contributed by atoms with Crippen LogP contribution in [0.1, 0.15) is 0 Å². The molecule has 0 fully saturated rings. The summed E-state index contributed by atoms with van der Waals surface area (Å²) < 4.78 is 0. The first kappa shape index (κ1) is 20.1. The molecule has 0 aromatic heterocycles. The Morgan fingerprint density at radius 1 is 1.20 bits per heavy atom. The molecule has 5 heavy (non-hydrogen) atoms. The average Bonchev–Trinajstić information content (AvgIpc) is 1.50. The van der Waals surface area contributed by atoms with Gasteiger partial charge in [0.2, 0.25) is 0 Å². The van der Waals surface area contributed by atoms with E-state index in [1.54, 1.807) is 0 Å². The second-order valence-electron chi connectivity index (χ2n) is 0. The molecule has 0 bridgehead atoms. The Morgan fingerprint density at radius 3 is 1.20 bits per heavy atom. The van der Waals surface area contributed by atoms with Gasteiger partial charge in [0.15, 0.2) is 0 Å². The van der Waals surface area contributed by atoms with Crippen LogP contribution in [0.2, 0.25) is 0 Å². The van der Waals surface area contributed by atoms with Gasteiger partial charge < -0.3 is 6.15 Å². The van der Waals surface area contributed by atoms with E-state index in [0.29, 0.717) is 0 Å². The molecule has 0 spiro atoms. The van der Waals surface area contributed by atoms with Gasteiger partial charge in [0.1, 0.15) is 0 Å². The van der Waals surface area contributed by atoms with Gasteiger partial charge in [0.05, 0.1) is 0 Å². The molecular formula is C3H10ClN. The van der Waals surface area contributed by atoms with Crippen LogP contribution in [0, 0.1) is 0 Å². The van der Waals surface area contributed by atoms with Crippen LogP contribution in [0.25, 0.3) is 0 Å². The fourth-order valence-corrected chi connectivity index (χ4v) is 0. The van der Waals surface area contributed by atoms with Crippen molar-refractivity contribution in [3.63, 3.8) is 0 Å². The topological polar surface area (TPSA) is 35.0 Å². The number of halogens is 1. The van der Waals surface area contributed by atoms with Gasteiger partial charge in [-0.3, -0.25) is 0 Å². The molecule has 0 atom stereocenters. The lowest BCUT2D eigenvalue weighted by atomic mass is 11.3. The van der Waals surface area contributed by atoms with E-state index >= 15 is 0 Å². The molecule has 0 aliphatic carbocycles. The quantitative estimate of drug-likeness (QED) is 0.362. The zero-order valence-corrected chi connectivity index (χ0v) is 4.26. The van der Waals surface area contributed by atoms with Crippen molar-refractivity contribution < 1.29 is 0 Å². The van der Waals surface area contributed by atoms with Gasteiger partial charge in [-0.15, -0.1) is 24.8 Å². The highest BCUT2D eigenvalue weighted by Crippen LogP contribution is 1.34. The highest BCUT2D eigenvalue weighted by atomic mass is 35.5. The maximum Gasteiger partial charge on any atom is 0.0108 e. The van der Waals surface area contributed by atoms with Gasteiger partial charge in [-0.05, 0) is 0 Å². The summed E-state index contributed by atoms with van der Waals surface area (Å²) in [4.78, 5) is 0. The third-order valence-corrected chi connectivity index (χ3v) is 0. The first-order valence-electron chi connectivity index (χ1n) is 0.878. The first-order chi connectivity index (χ1) is 2.00. The van der Waals surface area contributed by atoms with E-state index < -0.39 is 0 Å². The normalized spacial score (nSPS) is 2.00. The standard InChI is InChI=1S/C2H4.CH3Cl.H3N/c2*1-2;/h1-2H2;1H3;1H3. The van der Waals surface area contributed by atoms with Gasteiger partial charge in [0, 0.05) is 6.38 Å². The van der Waals surface area contributed by atoms with Gasteiger partial charge in [0.25, 0.3) is 0 Å². The van der Waals surface area contributed by atoms with Crippen molar-refractivity contribution in [1.82, 2.24) is 6.15 Å². The number of hydrogen-bond donors (Lipinski definition) is 1. The summed E-state index contributed by atoms with van der Waals surface area (Å²) in [5, 5.41) is 0. The molecule has 0 saturated heterocycles. The summed E-state index contributed by atoms with van der Waals surface area (Å²) in [6, 6.07) is 0. The molecule has 0 radical (unpaired) electrons. The predicted molar refractivity (Wildman–Crippen MR) is 28.1 cm³/mol. The third kappa shape index (κ3) is 158000. The van der Waals surface area contributed by atoms with E-state index in [4.69, 9.17) is 0 Å². The zero-order valence-electron chi connectivity index (χ0n) is 3.50. The lowest BCUT2D eigenvalue weighted by molar-refractivity contribution is 2.13. The second kappa shape index (κ2) is 357000. The molecule has 3 N–H and O–H groups in total. The van der Waals surface area contributed by atoms with Crippen molar-refractivity contribution >= 4 is 11.6 Å². The van der Waals surface area contributed by atoms with Crippen LogP contribution in [0.3, 0.4) is 0 Å². The number of alkyl halides is 1. The zero-order chi connectivity index (χ0) is 4.00. The lowest BCUT2D eigenvalue weighted by Crippen LogP contribution is -0.852. The molecular weight excluding hydrogens is 85.5 g/mol. The van der Waals surface area contributed by atoms with Crippen LogP contribution in [0.4, 0.5) is 0 Å². The van der Waals surface area contributed by atoms with E-state index in [1.807, 2.05) is 0 Å². The molecule has 0 heterocycles. The van der Waals surface area contributed by atoms with Crippen LogP contribution >= 0.6 is 11.6 Å². The fourth-order valence-electron chi connectivity index (χ4n) is 0. The van der Waals surface area contributed by atoms with Crippen LogP contribution in [-0.2, 0) is 0 Å². The summed E-state index contributed by atoms with van der Waals surface area (Å²) in [5.74, 6) is 0. The van der Waals surface area contributed by atoms with Crippen LogP contribution in [0.15, 0.2) is 13.2 Å². The van der Waals surface area contributed by atoms with Crippen LogP contribution in [0.5, 0.6) is 0 Å². The van der Waals surface area contributed by atoms with E-state index in [2.05, 4.69) is 24.8 Å². The summed E-state index contributed by atoms with van der Waals surface area (Å²) in [5.41, 5.74) is 0. The summed E-state index contributed by atoms with van der Waals surface area (Å²) >= 11 is 4.64. The molecule has 0 saturated carbocycles.